The molecule has 0 saturated carbocycles. The number of hydrogen-bond acceptors (Lipinski definition) is 7. The van der Waals surface area contributed by atoms with Gasteiger partial charge in [-0.1, -0.05) is 21.6 Å². The molecular formula is C8H21NaO6S3Si. The predicted octanol–water partition coefficient (Wildman–Crippen LogP) is -1.36. The molecule has 0 aliphatic carbocycles. The van der Waals surface area contributed by atoms with Crippen LogP contribution in [0.25, 0.3) is 0 Å². The number of rotatable bonds is 11. The standard InChI is InChI=1S/C8H20O6S3Si.Na.H/c1-12-18(13-2,14-3)8-4-5-15-16-6-7-17(9,10)11;;/h4-8H2,1-3H3,(H,9,10,11);;/q;+1;-1. The average molecular weight is 361 g/mol. The smallest absolute Gasteiger partial charge is 1.00 e. The third-order valence-corrected chi connectivity index (χ3v) is 8.45. The maximum absolute atomic E-state index is 10.5. The molecule has 0 fully saturated rings. The molecule has 0 saturated heterocycles. The van der Waals surface area contributed by atoms with E-state index in [2.05, 4.69) is 0 Å². The molecule has 0 aliphatic heterocycles. The first-order valence-electron chi connectivity index (χ1n) is 5.24. The Morgan fingerprint density at radius 3 is 2.00 bits per heavy atom. The van der Waals surface area contributed by atoms with Gasteiger partial charge < -0.3 is 14.7 Å². The Morgan fingerprint density at radius 2 is 1.58 bits per heavy atom. The van der Waals surface area contributed by atoms with E-state index in [1.807, 2.05) is 0 Å². The maximum atomic E-state index is 10.5. The van der Waals surface area contributed by atoms with Crippen LogP contribution in [0.5, 0.6) is 0 Å². The average Bonchev–Trinajstić information content (AvgIpc) is 2.32. The summed E-state index contributed by atoms with van der Waals surface area (Å²) in [6.45, 7) is 0. The summed E-state index contributed by atoms with van der Waals surface area (Å²) in [5.41, 5.74) is 0. The molecule has 0 aromatic carbocycles. The predicted molar refractivity (Wildman–Crippen MR) is 78.6 cm³/mol. The van der Waals surface area contributed by atoms with E-state index in [0.717, 1.165) is 18.2 Å². The zero-order chi connectivity index (χ0) is 14.1. The van der Waals surface area contributed by atoms with Crippen molar-refractivity contribution < 1.29 is 57.2 Å². The van der Waals surface area contributed by atoms with E-state index < -0.39 is 18.9 Å². The van der Waals surface area contributed by atoms with Gasteiger partial charge >= 0.3 is 38.4 Å². The summed E-state index contributed by atoms with van der Waals surface area (Å²) < 4.78 is 45.3. The molecule has 0 radical (unpaired) electrons. The van der Waals surface area contributed by atoms with E-state index in [1.165, 1.54) is 10.8 Å². The Hall–Kier alpha value is 1.71. The minimum atomic E-state index is -3.84. The Kier molecular flexibility index (Phi) is 14.8. The minimum Gasteiger partial charge on any atom is -1.00 e. The van der Waals surface area contributed by atoms with Gasteiger partial charge in [-0.2, -0.15) is 8.42 Å². The van der Waals surface area contributed by atoms with Crippen LogP contribution in [0.15, 0.2) is 0 Å². The van der Waals surface area contributed by atoms with E-state index in [-0.39, 0.29) is 36.7 Å². The Morgan fingerprint density at radius 1 is 1.11 bits per heavy atom. The van der Waals surface area contributed by atoms with Crippen LogP contribution < -0.4 is 29.6 Å². The second-order valence-corrected chi connectivity index (χ2v) is 10.7. The van der Waals surface area contributed by atoms with Gasteiger partial charge in [-0.3, -0.25) is 4.55 Å². The third-order valence-electron chi connectivity index (χ3n) is 2.15. The van der Waals surface area contributed by atoms with Gasteiger partial charge in [0.1, 0.15) is 0 Å². The van der Waals surface area contributed by atoms with Gasteiger partial charge in [-0.25, -0.2) is 0 Å². The first-order chi connectivity index (χ1) is 8.39. The van der Waals surface area contributed by atoms with Crippen LogP contribution in [-0.2, 0) is 23.4 Å². The summed E-state index contributed by atoms with van der Waals surface area (Å²) in [5.74, 6) is 1.02. The van der Waals surface area contributed by atoms with Crippen molar-refractivity contribution in [1.82, 2.24) is 0 Å². The molecule has 112 valence electrons. The van der Waals surface area contributed by atoms with Gasteiger partial charge in [-0.15, -0.1) is 0 Å². The van der Waals surface area contributed by atoms with Crippen LogP contribution >= 0.6 is 21.6 Å². The topological polar surface area (TPSA) is 82.1 Å². The van der Waals surface area contributed by atoms with Crippen LogP contribution in [0.3, 0.4) is 0 Å². The molecule has 0 bridgehead atoms. The van der Waals surface area contributed by atoms with E-state index in [9.17, 15) is 8.42 Å². The number of hydrogen-bond donors (Lipinski definition) is 1. The largest absolute Gasteiger partial charge is 1.00 e. The van der Waals surface area contributed by atoms with Crippen molar-refractivity contribution in [1.29, 1.82) is 0 Å². The zero-order valence-electron chi connectivity index (χ0n) is 12.7. The van der Waals surface area contributed by atoms with Crippen LogP contribution in [0.1, 0.15) is 7.85 Å². The molecule has 11 heteroatoms. The second-order valence-electron chi connectivity index (χ2n) is 3.33. The van der Waals surface area contributed by atoms with E-state index in [4.69, 9.17) is 17.8 Å². The SMILES string of the molecule is CO[Si](CCCSSCCS(=O)(=O)O)(OC)OC.[H-].[Na+]. The Labute approximate surface area is 148 Å². The van der Waals surface area contributed by atoms with Crippen LogP contribution in [-0.4, -0.2) is 60.4 Å². The fraction of sp³-hybridized carbons (Fsp3) is 1.00. The molecule has 0 spiro atoms. The second kappa shape index (κ2) is 12.3. The van der Waals surface area contributed by atoms with Crippen molar-refractivity contribution in [2.24, 2.45) is 0 Å². The summed E-state index contributed by atoms with van der Waals surface area (Å²) in [5, 5.41) is 0. The Balaban J connectivity index is -0.00000144. The summed E-state index contributed by atoms with van der Waals surface area (Å²) in [4.78, 5) is 0. The fourth-order valence-electron chi connectivity index (χ4n) is 1.16. The maximum Gasteiger partial charge on any atom is 1.00 e. The van der Waals surface area contributed by atoms with Gasteiger partial charge in [-0.05, 0) is 6.42 Å². The van der Waals surface area contributed by atoms with Gasteiger partial charge in [0.25, 0.3) is 10.1 Å². The van der Waals surface area contributed by atoms with Gasteiger partial charge in [0, 0.05) is 38.9 Å². The molecule has 0 unspecified atom stereocenters. The van der Waals surface area contributed by atoms with Crippen LogP contribution in [0.2, 0.25) is 6.04 Å². The van der Waals surface area contributed by atoms with Gasteiger partial charge in [0.05, 0.1) is 5.75 Å². The van der Waals surface area contributed by atoms with Crippen molar-refractivity contribution in [3.8, 4) is 0 Å². The van der Waals surface area contributed by atoms with Gasteiger partial charge in [0.15, 0.2) is 0 Å². The molecule has 0 aromatic heterocycles. The quantitative estimate of drug-likeness (QED) is 0.209. The fourth-order valence-corrected chi connectivity index (χ4v) is 6.42. The molecule has 0 rings (SSSR count). The van der Waals surface area contributed by atoms with Crippen LogP contribution in [0, 0.1) is 0 Å². The van der Waals surface area contributed by atoms with E-state index in [0.29, 0.717) is 5.75 Å². The first-order valence-corrected chi connectivity index (χ1v) is 11.3. The molecule has 0 aromatic rings. The van der Waals surface area contributed by atoms with Crippen LogP contribution in [0.4, 0.5) is 0 Å². The summed E-state index contributed by atoms with van der Waals surface area (Å²) in [6.07, 6.45) is 0.866. The molecule has 1 N–H and O–H groups in total. The minimum absolute atomic E-state index is 0. The molecule has 0 atom stereocenters. The molecule has 0 heterocycles. The Bertz CT molecular complexity index is 309. The van der Waals surface area contributed by atoms with Crippen molar-refractivity contribution in [2.45, 2.75) is 12.5 Å². The van der Waals surface area contributed by atoms with Crippen molar-refractivity contribution in [2.75, 3.05) is 38.6 Å². The third kappa shape index (κ3) is 12.0. The molecular weight excluding hydrogens is 339 g/mol. The molecule has 19 heavy (non-hydrogen) atoms. The summed E-state index contributed by atoms with van der Waals surface area (Å²) in [6, 6.07) is 0.725. The first kappa shape index (κ1) is 23.0. The summed E-state index contributed by atoms with van der Waals surface area (Å²) in [7, 11) is 1.40. The van der Waals surface area contributed by atoms with E-state index in [1.54, 1.807) is 32.1 Å². The molecule has 6 nitrogen and oxygen atoms in total. The summed E-state index contributed by atoms with van der Waals surface area (Å²) >= 11 is 0. The monoisotopic (exact) mass is 360 g/mol. The van der Waals surface area contributed by atoms with Crippen molar-refractivity contribution in [3.05, 3.63) is 0 Å². The molecule has 0 amide bonds. The van der Waals surface area contributed by atoms with Crippen molar-refractivity contribution in [3.63, 3.8) is 0 Å². The van der Waals surface area contributed by atoms with Gasteiger partial charge in [0.2, 0.25) is 0 Å². The van der Waals surface area contributed by atoms with Crippen molar-refractivity contribution >= 4 is 40.5 Å². The normalized spacial score (nSPS) is 12.2. The van der Waals surface area contributed by atoms with E-state index >= 15 is 0 Å². The molecule has 0 aliphatic rings. The zero-order valence-corrected chi connectivity index (χ0v) is 17.2.